The molecule has 0 unspecified atom stereocenters. The molecular weight excluding hydrogens is 252 g/mol. The molecule has 1 N–H and O–H groups in total. The molecule has 0 aliphatic carbocycles. The molecule has 1 rings (SSSR count). The van der Waals surface area contributed by atoms with Crippen LogP contribution in [0, 0.1) is 11.3 Å². The molecule has 17 heavy (non-hydrogen) atoms. The fourth-order valence-electron chi connectivity index (χ4n) is 1.51. The van der Waals surface area contributed by atoms with Gasteiger partial charge in [0.05, 0.1) is 18.1 Å². The van der Waals surface area contributed by atoms with Crippen molar-refractivity contribution in [3.63, 3.8) is 0 Å². The van der Waals surface area contributed by atoms with Crippen LogP contribution in [-0.4, -0.2) is 11.1 Å². The molecule has 0 saturated carbocycles. The summed E-state index contributed by atoms with van der Waals surface area (Å²) < 4.78 is 25.3. The molecule has 0 amide bonds. The van der Waals surface area contributed by atoms with Gasteiger partial charge < -0.3 is 5.11 Å². The van der Waals surface area contributed by atoms with Crippen molar-refractivity contribution in [2.75, 3.05) is 0 Å². The van der Waals surface area contributed by atoms with Gasteiger partial charge in [0, 0.05) is 11.4 Å². The van der Waals surface area contributed by atoms with E-state index in [1.54, 1.807) is 6.07 Å². The molecule has 0 radical (unpaired) electrons. The molecule has 0 saturated heterocycles. The molecule has 3 nitrogen and oxygen atoms in total. The Kier molecular flexibility index (Phi) is 4.41. The van der Waals surface area contributed by atoms with Crippen molar-refractivity contribution in [1.82, 2.24) is 0 Å². The number of carboxylic acid groups (broad SMARTS) is 1. The highest BCUT2D eigenvalue weighted by atomic mass is 35.5. The normalized spacial score (nSPS) is 10.3. The summed E-state index contributed by atoms with van der Waals surface area (Å²) in [7, 11) is 0. The number of nitriles is 1. The monoisotopic (exact) mass is 259 g/mol. The average molecular weight is 260 g/mol. The predicted molar refractivity (Wildman–Crippen MR) is 57.0 cm³/mol. The highest BCUT2D eigenvalue weighted by Crippen LogP contribution is 2.29. The minimum Gasteiger partial charge on any atom is -0.481 e. The fraction of sp³-hybridized carbons (Fsp3) is 0.273. The van der Waals surface area contributed by atoms with E-state index in [0.29, 0.717) is 0 Å². The number of benzene rings is 1. The summed E-state index contributed by atoms with van der Waals surface area (Å²) in [4.78, 5) is 10.6. The Morgan fingerprint density at radius 2 is 2.18 bits per heavy atom. The molecule has 0 aliphatic heterocycles. The van der Waals surface area contributed by atoms with E-state index in [0.717, 1.165) is 6.07 Å². The van der Waals surface area contributed by atoms with Crippen LogP contribution in [0.3, 0.4) is 0 Å². The lowest BCUT2D eigenvalue weighted by molar-refractivity contribution is -0.136. The summed E-state index contributed by atoms with van der Waals surface area (Å²) >= 11 is 5.54. The van der Waals surface area contributed by atoms with Gasteiger partial charge in [0.2, 0.25) is 0 Å². The number of nitrogens with zero attached hydrogens (tertiary/aromatic N) is 1. The molecule has 1 aromatic carbocycles. The summed E-state index contributed by atoms with van der Waals surface area (Å²) in [6.07, 6.45) is -3.13. The van der Waals surface area contributed by atoms with Gasteiger partial charge in [-0.2, -0.15) is 5.26 Å². The Hall–Kier alpha value is -1.67. The molecule has 0 heterocycles. The molecule has 0 aliphatic rings. The summed E-state index contributed by atoms with van der Waals surface area (Å²) in [5.74, 6) is -1.39. The van der Waals surface area contributed by atoms with E-state index < -0.39 is 18.8 Å². The van der Waals surface area contributed by atoms with E-state index in [2.05, 4.69) is 0 Å². The van der Waals surface area contributed by atoms with Crippen molar-refractivity contribution in [1.29, 1.82) is 5.26 Å². The third-order valence-corrected chi connectivity index (χ3v) is 2.52. The van der Waals surface area contributed by atoms with Gasteiger partial charge in [-0.1, -0.05) is 12.1 Å². The summed E-state index contributed by atoms with van der Waals surface area (Å²) in [6.45, 7) is 0. The number of halogens is 3. The third-order valence-electron chi connectivity index (χ3n) is 2.26. The molecule has 1 aromatic rings. The van der Waals surface area contributed by atoms with E-state index in [9.17, 15) is 13.6 Å². The Bertz CT molecular complexity index is 483. The van der Waals surface area contributed by atoms with Crippen LogP contribution >= 0.6 is 11.6 Å². The molecule has 0 bridgehead atoms. The minimum absolute atomic E-state index is 0.00270. The van der Waals surface area contributed by atoms with Crippen LogP contribution in [-0.2, 0) is 17.1 Å². The summed E-state index contributed by atoms with van der Waals surface area (Å²) in [6, 6.07) is 4.07. The number of hydrogen-bond acceptors (Lipinski definition) is 2. The highest BCUT2D eigenvalue weighted by Gasteiger charge is 2.19. The van der Waals surface area contributed by atoms with Crippen LogP contribution in [0.2, 0.25) is 0 Å². The standard InChI is InChI=1S/C11H8ClF2NO2/c12-4-8-7(11(13)14)2-1-6(3-10(16)17)9(8)5-15/h1-2,11H,3-4H2,(H,16,17). The second-order valence-electron chi connectivity index (χ2n) is 3.28. The minimum atomic E-state index is -2.74. The lowest BCUT2D eigenvalue weighted by Crippen LogP contribution is -2.06. The van der Waals surface area contributed by atoms with Gasteiger partial charge in [0.1, 0.15) is 0 Å². The summed E-state index contributed by atoms with van der Waals surface area (Å²) in [5, 5.41) is 17.5. The van der Waals surface area contributed by atoms with Crippen LogP contribution in [0.4, 0.5) is 8.78 Å². The van der Waals surface area contributed by atoms with Crippen LogP contribution in [0.15, 0.2) is 12.1 Å². The van der Waals surface area contributed by atoms with Gasteiger partial charge in [-0.15, -0.1) is 11.6 Å². The SMILES string of the molecule is N#Cc1c(CC(=O)O)ccc(C(F)F)c1CCl. The van der Waals surface area contributed by atoms with Crippen molar-refractivity contribution in [3.8, 4) is 6.07 Å². The van der Waals surface area contributed by atoms with Crippen molar-refractivity contribution in [2.45, 2.75) is 18.7 Å². The largest absolute Gasteiger partial charge is 0.481 e. The van der Waals surface area contributed by atoms with Crippen molar-refractivity contribution >= 4 is 17.6 Å². The van der Waals surface area contributed by atoms with Gasteiger partial charge in [-0.05, 0) is 11.1 Å². The van der Waals surface area contributed by atoms with Gasteiger partial charge in [-0.3, -0.25) is 4.79 Å². The second-order valence-corrected chi connectivity index (χ2v) is 3.55. The average Bonchev–Trinajstić information content (AvgIpc) is 2.26. The Balaban J connectivity index is 3.38. The highest BCUT2D eigenvalue weighted by molar-refractivity contribution is 6.17. The first-order valence-electron chi connectivity index (χ1n) is 4.62. The zero-order chi connectivity index (χ0) is 13.0. The molecule has 0 atom stereocenters. The lowest BCUT2D eigenvalue weighted by Gasteiger charge is -2.11. The molecule has 90 valence electrons. The molecule has 0 spiro atoms. The predicted octanol–water partition coefficient (Wildman–Crippen LogP) is 2.86. The maximum Gasteiger partial charge on any atom is 0.307 e. The van der Waals surface area contributed by atoms with Gasteiger partial charge in [-0.25, -0.2) is 8.78 Å². The zero-order valence-electron chi connectivity index (χ0n) is 8.58. The van der Waals surface area contributed by atoms with E-state index in [1.165, 1.54) is 6.07 Å². The first-order valence-corrected chi connectivity index (χ1v) is 5.15. The Labute approximate surface area is 101 Å². The number of aliphatic carboxylic acids is 1. The van der Waals surface area contributed by atoms with Crippen molar-refractivity contribution in [3.05, 3.63) is 34.4 Å². The number of hydrogen-bond donors (Lipinski definition) is 1. The fourth-order valence-corrected chi connectivity index (χ4v) is 1.80. The first kappa shape index (κ1) is 13.4. The zero-order valence-corrected chi connectivity index (χ0v) is 9.34. The maximum atomic E-state index is 12.6. The number of rotatable bonds is 4. The molecule has 6 heteroatoms. The van der Waals surface area contributed by atoms with Crippen molar-refractivity contribution in [2.24, 2.45) is 0 Å². The van der Waals surface area contributed by atoms with E-state index >= 15 is 0 Å². The van der Waals surface area contributed by atoms with Crippen LogP contribution in [0.25, 0.3) is 0 Å². The number of carbonyl (C=O) groups is 1. The Morgan fingerprint density at radius 3 is 2.59 bits per heavy atom. The maximum absolute atomic E-state index is 12.6. The van der Waals surface area contributed by atoms with Crippen LogP contribution < -0.4 is 0 Å². The van der Waals surface area contributed by atoms with Crippen LogP contribution in [0.1, 0.15) is 28.7 Å². The molecule has 0 aromatic heterocycles. The topological polar surface area (TPSA) is 61.1 Å². The molecular formula is C11H8ClF2NO2. The Morgan fingerprint density at radius 1 is 1.53 bits per heavy atom. The third kappa shape index (κ3) is 2.92. The van der Waals surface area contributed by atoms with E-state index in [1.807, 2.05) is 0 Å². The number of alkyl halides is 3. The van der Waals surface area contributed by atoms with Gasteiger partial charge in [0.15, 0.2) is 0 Å². The quantitative estimate of drug-likeness (QED) is 0.846. The van der Waals surface area contributed by atoms with E-state index in [-0.39, 0.29) is 28.1 Å². The lowest BCUT2D eigenvalue weighted by atomic mass is 9.96. The first-order chi connectivity index (χ1) is 8.01. The summed E-state index contributed by atoms with van der Waals surface area (Å²) in [5.41, 5.74) is -0.200. The molecule has 0 fully saturated rings. The smallest absolute Gasteiger partial charge is 0.307 e. The van der Waals surface area contributed by atoms with Gasteiger partial charge >= 0.3 is 5.97 Å². The van der Waals surface area contributed by atoms with Crippen molar-refractivity contribution < 1.29 is 18.7 Å². The number of carboxylic acids is 1. The van der Waals surface area contributed by atoms with E-state index in [4.69, 9.17) is 22.0 Å². The second kappa shape index (κ2) is 5.60. The van der Waals surface area contributed by atoms with Gasteiger partial charge in [0.25, 0.3) is 6.43 Å². The van der Waals surface area contributed by atoms with Crippen LogP contribution in [0.5, 0.6) is 0 Å².